The van der Waals surface area contributed by atoms with Crippen molar-refractivity contribution in [1.29, 1.82) is 0 Å². The first kappa shape index (κ1) is 4.08. The fourth-order valence-corrected chi connectivity index (χ4v) is 0. The van der Waals surface area contributed by atoms with E-state index in [0.29, 0.717) is 0 Å². The van der Waals surface area contributed by atoms with Crippen LogP contribution in [-0.4, -0.2) is 16.0 Å². The van der Waals surface area contributed by atoms with Crippen LogP contribution < -0.4 is 0 Å². The van der Waals surface area contributed by atoms with Crippen molar-refractivity contribution in [2.75, 3.05) is 0 Å². The first-order valence-electron chi connectivity index (χ1n) is 0.954. The van der Waals surface area contributed by atoms with Crippen molar-refractivity contribution in [3.63, 3.8) is 0 Å². The van der Waals surface area contributed by atoms with Crippen molar-refractivity contribution >= 4 is 16.0 Å². The van der Waals surface area contributed by atoms with Gasteiger partial charge in [0.2, 0.25) is 0 Å². The van der Waals surface area contributed by atoms with Crippen molar-refractivity contribution in [3.8, 4) is 10.7 Å². The van der Waals surface area contributed by atoms with E-state index in [4.69, 9.17) is 0 Å². The predicted octanol–water partition coefficient (Wildman–Crippen LogP) is 0.136. The molecule has 0 aromatic heterocycles. The van der Waals surface area contributed by atoms with E-state index in [2.05, 4.69) is 26.8 Å². The van der Waals surface area contributed by atoms with Crippen molar-refractivity contribution in [2.24, 2.45) is 0 Å². The molecule has 0 fully saturated rings. The van der Waals surface area contributed by atoms with Crippen LogP contribution in [0.5, 0.6) is 0 Å². The summed E-state index contributed by atoms with van der Waals surface area (Å²) in [6.07, 6.45) is 0. The van der Waals surface area contributed by atoms with E-state index in [9.17, 15) is 0 Å². The monoisotopic (exact) mass is 119 g/mol. The topological polar surface area (TPSA) is 0 Å². The minimum absolute atomic E-state index is 1.79. The quantitative estimate of drug-likeness (QED) is 0.313. The number of hydrogen-bond donors (Lipinski definition) is 0. The molecule has 0 amide bonds. The Hall–Kier alpha value is 0.0795. The van der Waals surface area contributed by atoms with Crippen LogP contribution in [-0.2, 0) is 0 Å². The van der Waals surface area contributed by atoms with Gasteiger partial charge < -0.3 is 0 Å². The summed E-state index contributed by atoms with van der Waals surface area (Å²) in [6.45, 7) is 1.79. The molecule has 0 N–H and O–H groups in total. The van der Waals surface area contributed by atoms with Crippen LogP contribution in [0.3, 0.4) is 0 Å². The van der Waals surface area contributed by atoms with Crippen molar-refractivity contribution in [1.82, 2.24) is 0 Å². The van der Waals surface area contributed by atoms with E-state index in [1.54, 1.807) is 6.92 Å². The van der Waals surface area contributed by atoms with Crippen LogP contribution in [0.4, 0.5) is 0 Å². The van der Waals surface area contributed by atoms with E-state index < -0.39 is 0 Å². The van der Waals surface area contributed by atoms with Crippen molar-refractivity contribution in [2.45, 2.75) is 6.92 Å². The maximum atomic E-state index is 2.62. The summed E-state index contributed by atoms with van der Waals surface area (Å²) in [4.78, 5) is 2.56. The van der Waals surface area contributed by atoms with Gasteiger partial charge in [0.05, 0.1) is 0 Å². The molecule has 4 heavy (non-hydrogen) atoms. The minimum atomic E-state index is 1.79. The Kier molecular flexibility index (Phi) is 3.14. The van der Waals surface area contributed by atoms with Crippen molar-refractivity contribution < 1.29 is 0 Å². The van der Waals surface area contributed by atoms with E-state index in [1.165, 1.54) is 0 Å². The standard InChI is InChI=1S/C3H4Se/c1-2-3-4/h4H,1H3/p-1. The number of hydrogen-bond acceptors (Lipinski definition) is 0. The summed E-state index contributed by atoms with van der Waals surface area (Å²) in [5, 5.41) is 0. The second kappa shape index (κ2) is 3.08. The molecule has 0 saturated carbocycles. The van der Waals surface area contributed by atoms with E-state index in [1.807, 2.05) is 0 Å². The molecular formula is C3H3Se-. The Bertz CT molecular complexity index is 40.0. The molecule has 0 spiro atoms. The predicted molar refractivity (Wildman–Crippen MR) is 19.2 cm³/mol. The van der Waals surface area contributed by atoms with Gasteiger partial charge in [-0.15, -0.1) is 0 Å². The van der Waals surface area contributed by atoms with E-state index in [0.717, 1.165) is 0 Å². The summed E-state index contributed by atoms with van der Waals surface area (Å²) in [7, 11) is 0. The molecule has 0 aliphatic rings. The molecule has 0 bridgehead atoms. The van der Waals surface area contributed by atoms with Gasteiger partial charge in [0, 0.05) is 0 Å². The zero-order valence-electron chi connectivity index (χ0n) is 2.41. The molecule has 0 aliphatic heterocycles. The summed E-state index contributed by atoms with van der Waals surface area (Å²) in [5.41, 5.74) is 0. The molecule has 0 nitrogen and oxygen atoms in total. The third kappa shape index (κ3) is 2.08. The van der Waals surface area contributed by atoms with Crippen LogP contribution in [0, 0.1) is 10.7 Å². The zero-order valence-corrected chi connectivity index (χ0v) is 4.12. The van der Waals surface area contributed by atoms with Gasteiger partial charge in [0.15, 0.2) is 0 Å². The first-order valence-corrected chi connectivity index (χ1v) is 1.81. The van der Waals surface area contributed by atoms with Gasteiger partial charge in [0.1, 0.15) is 0 Å². The van der Waals surface area contributed by atoms with Crippen LogP contribution in [0.2, 0.25) is 0 Å². The Balaban J connectivity index is 2.83. The molecule has 0 unspecified atom stereocenters. The third-order valence-corrected chi connectivity index (χ3v) is 0.530. The van der Waals surface area contributed by atoms with Gasteiger partial charge in [-0.05, 0) is 0 Å². The van der Waals surface area contributed by atoms with Crippen molar-refractivity contribution in [3.05, 3.63) is 0 Å². The normalized spacial score (nSPS) is 3.25. The molecule has 0 radical (unpaired) electrons. The molecule has 0 rings (SSSR count). The van der Waals surface area contributed by atoms with Gasteiger partial charge >= 0.3 is 33.7 Å². The summed E-state index contributed by atoms with van der Waals surface area (Å²) in [5.74, 6) is 2.62. The summed E-state index contributed by atoms with van der Waals surface area (Å²) in [6, 6.07) is 0. The zero-order chi connectivity index (χ0) is 3.41. The fourth-order valence-electron chi connectivity index (χ4n) is 0. The Morgan fingerprint density at radius 2 is 2.00 bits per heavy atom. The molecule has 0 aliphatic carbocycles. The molecule has 0 saturated heterocycles. The molecule has 1 heteroatoms. The van der Waals surface area contributed by atoms with Gasteiger partial charge in [-0.1, -0.05) is 0 Å². The summed E-state index contributed by atoms with van der Waals surface area (Å²) < 4.78 is 0. The molecule has 22 valence electrons. The van der Waals surface area contributed by atoms with Gasteiger partial charge in [-0.25, -0.2) is 0 Å². The summed E-state index contributed by atoms with van der Waals surface area (Å²) >= 11 is 2.53. The van der Waals surface area contributed by atoms with Crippen LogP contribution in [0.15, 0.2) is 0 Å². The van der Waals surface area contributed by atoms with Gasteiger partial charge in [-0.3, -0.25) is 0 Å². The van der Waals surface area contributed by atoms with Gasteiger partial charge in [-0.2, -0.15) is 0 Å². The molecule has 0 aromatic rings. The Morgan fingerprint density at radius 1 is 1.75 bits per heavy atom. The molecule has 0 atom stereocenters. The molecule has 0 heterocycles. The maximum absolute atomic E-state index is 2.62. The first-order chi connectivity index (χ1) is 1.91. The molecule has 0 aromatic carbocycles. The SMILES string of the molecule is CC#C[Se-]. The Labute approximate surface area is 34.4 Å². The number of rotatable bonds is 0. The second-order valence-electron chi connectivity index (χ2n) is 0.352. The van der Waals surface area contributed by atoms with Crippen LogP contribution in [0.25, 0.3) is 0 Å². The fraction of sp³-hybridized carbons (Fsp3) is 0.333. The van der Waals surface area contributed by atoms with Crippen LogP contribution in [0.1, 0.15) is 6.92 Å². The third-order valence-electron chi connectivity index (χ3n) is 0.102. The average molecular weight is 118 g/mol. The molecular weight excluding hydrogens is 115 g/mol. The van der Waals surface area contributed by atoms with E-state index >= 15 is 0 Å². The van der Waals surface area contributed by atoms with Gasteiger partial charge in [0.25, 0.3) is 0 Å². The van der Waals surface area contributed by atoms with E-state index in [-0.39, 0.29) is 0 Å². The van der Waals surface area contributed by atoms with Crippen LogP contribution >= 0.6 is 0 Å². The average Bonchev–Trinajstić information content (AvgIpc) is 1.37. The second-order valence-corrected chi connectivity index (χ2v) is 0.780. The Morgan fingerprint density at radius 3 is 2.00 bits per heavy atom.